The number of ether oxygens (including phenoxy) is 1. The zero-order valence-corrected chi connectivity index (χ0v) is 18.4. The third-order valence-electron chi connectivity index (χ3n) is 4.79. The molecule has 0 radical (unpaired) electrons. The molecule has 3 heterocycles. The lowest BCUT2D eigenvalue weighted by atomic mass is 9.96. The van der Waals surface area contributed by atoms with Crippen LogP contribution in [0.1, 0.15) is 24.8 Å². The van der Waals surface area contributed by atoms with Gasteiger partial charge in [0, 0.05) is 59.0 Å². The van der Waals surface area contributed by atoms with Gasteiger partial charge in [-0.3, -0.25) is 4.99 Å². The van der Waals surface area contributed by atoms with Crippen LogP contribution in [0.15, 0.2) is 41.8 Å². The van der Waals surface area contributed by atoms with Gasteiger partial charge in [-0.05, 0) is 48.9 Å². The molecule has 148 valence electrons. The molecule has 7 nitrogen and oxygen atoms in total. The first-order valence-electron chi connectivity index (χ1n) is 9.20. The van der Waals surface area contributed by atoms with Gasteiger partial charge in [0.15, 0.2) is 11.8 Å². The Balaban J connectivity index is 0.00000261. The minimum Gasteiger partial charge on any atom is -0.381 e. The van der Waals surface area contributed by atoms with Crippen molar-refractivity contribution in [3.63, 3.8) is 0 Å². The van der Waals surface area contributed by atoms with Gasteiger partial charge in [0.1, 0.15) is 0 Å². The van der Waals surface area contributed by atoms with E-state index in [0.29, 0.717) is 6.54 Å². The minimum atomic E-state index is 0. The largest absolute Gasteiger partial charge is 0.381 e. The van der Waals surface area contributed by atoms with Gasteiger partial charge in [-0.15, -0.1) is 24.0 Å². The Kier molecular flexibility index (Phi) is 8.99. The monoisotopic (exact) mass is 484 g/mol. The van der Waals surface area contributed by atoms with Gasteiger partial charge in [-0.1, -0.05) is 0 Å². The second-order valence-electron chi connectivity index (χ2n) is 6.64. The van der Waals surface area contributed by atoms with Crippen LogP contribution in [-0.2, 0) is 11.3 Å². The van der Waals surface area contributed by atoms with E-state index in [2.05, 4.69) is 32.3 Å². The van der Waals surface area contributed by atoms with Crippen molar-refractivity contribution in [2.75, 3.05) is 33.9 Å². The Hall–Kier alpha value is -1.68. The summed E-state index contributed by atoms with van der Waals surface area (Å²) in [5.41, 5.74) is 1.14. The molecule has 0 aromatic carbocycles. The number of hydrogen-bond acceptors (Lipinski definition) is 4. The number of halogens is 1. The summed E-state index contributed by atoms with van der Waals surface area (Å²) in [6.07, 6.45) is 8.98. The first kappa shape index (κ1) is 21.6. The average Bonchev–Trinajstić information content (AvgIpc) is 3.23. The summed E-state index contributed by atoms with van der Waals surface area (Å²) < 4.78 is 7.20. The predicted octanol–water partition coefficient (Wildman–Crippen LogP) is 2.71. The lowest BCUT2D eigenvalue weighted by Crippen LogP contribution is -2.39. The molecule has 1 aliphatic heterocycles. The molecule has 0 aliphatic carbocycles. The highest BCUT2D eigenvalue weighted by Crippen LogP contribution is 2.18. The highest BCUT2D eigenvalue weighted by molar-refractivity contribution is 14.0. The van der Waals surface area contributed by atoms with E-state index < -0.39 is 0 Å². The molecule has 1 aliphatic rings. The first-order valence-corrected chi connectivity index (χ1v) is 9.20. The van der Waals surface area contributed by atoms with Crippen molar-refractivity contribution in [3.8, 4) is 5.82 Å². The molecule has 0 atom stereocenters. The molecule has 3 rings (SSSR count). The van der Waals surface area contributed by atoms with E-state index in [4.69, 9.17) is 4.74 Å². The topological polar surface area (TPSA) is 67.6 Å². The van der Waals surface area contributed by atoms with Crippen LogP contribution in [0, 0.1) is 5.92 Å². The summed E-state index contributed by atoms with van der Waals surface area (Å²) in [4.78, 5) is 11.0. The molecule has 2 aromatic heterocycles. The second-order valence-corrected chi connectivity index (χ2v) is 6.64. The van der Waals surface area contributed by atoms with E-state index in [0.717, 1.165) is 43.0 Å². The second kappa shape index (κ2) is 11.2. The van der Waals surface area contributed by atoms with Crippen molar-refractivity contribution < 1.29 is 4.74 Å². The molecule has 0 bridgehead atoms. The fraction of sp³-hybridized carbons (Fsp3) is 0.526. The molecule has 8 heteroatoms. The summed E-state index contributed by atoms with van der Waals surface area (Å²) in [6.45, 7) is 3.51. The van der Waals surface area contributed by atoms with Crippen molar-refractivity contribution in [3.05, 3.63) is 42.4 Å². The van der Waals surface area contributed by atoms with Gasteiger partial charge in [-0.2, -0.15) is 5.10 Å². The highest BCUT2D eigenvalue weighted by Gasteiger charge is 2.15. The lowest BCUT2D eigenvalue weighted by molar-refractivity contribution is 0.0625. The third-order valence-corrected chi connectivity index (χ3v) is 4.79. The van der Waals surface area contributed by atoms with Crippen LogP contribution < -0.4 is 5.32 Å². The van der Waals surface area contributed by atoms with Gasteiger partial charge in [0.05, 0.1) is 0 Å². The fourth-order valence-corrected chi connectivity index (χ4v) is 3.18. The molecule has 0 saturated carbocycles. The predicted molar refractivity (Wildman–Crippen MR) is 118 cm³/mol. The molecule has 1 saturated heterocycles. The molecule has 1 fully saturated rings. The zero-order valence-electron chi connectivity index (χ0n) is 16.0. The first-order chi connectivity index (χ1) is 12.8. The maximum Gasteiger partial charge on any atom is 0.193 e. The smallest absolute Gasteiger partial charge is 0.193 e. The molecule has 0 amide bonds. The summed E-state index contributed by atoms with van der Waals surface area (Å²) in [5.74, 6) is 2.49. The number of aliphatic imine (C=N–C) groups is 1. The SMILES string of the molecule is CN=C(NCc1ccnc(-n2cccn2)c1)N(C)CCC1CCOCC1.I. The van der Waals surface area contributed by atoms with Crippen LogP contribution in [0.5, 0.6) is 0 Å². The average molecular weight is 484 g/mol. The zero-order chi connectivity index (χ0) is 18.2. The number of nitrogens with one attached hydrogen (secondary N) is 1. The molecule has 27 heavy (non-hydrogen) atoms. The van der Waals surface area contributed by atoms with Crippen LogP contribution >= 0.6 is 24.0 Å². The molecule has 0 unspecified atom stereocenters. The number of nitrogens with zero attached hydrogens (tertiary/aromatic N) is 5. The Morgan fingerprint density at radius 1 is 1.37 bits per heavy atom. The number of pyridine rings is 1. The van der Waals surface area contributed by atoms with E-state index in [-0.39, 0.29) is 24.0 Å². The highest BCUT2D eigenvalue weighted by atomic mass is 127. The van der Waals surface area contributed by atoms with Crippen molar-refractivity contribution in [2.45, 2.75) is 25.8 Å². The van der Waals surface area contributed by atoms with Gasteiger partial charge in [-0.25, -0.2) is 9.67 Å². The lowest BCUT2D eigenvalue weighted by Gasteiger charge is -2.26. The molecular formula is C19H29IN6O. The number of hydrogen-bond donors (Lipinski definition) is 1. The van der Waals surface area contributed by atoms with Crippen LogP contribution in [0.2, 0.25) is 0 Å². The minimum absolute atomic E-state index is 0. The van der Waals surface area contributed by atoms with Crippen molar-refractivity contribution >= 4 is 29.9 Å². The molecule has 0 spiro atoms. The van der Waals surface area contributed by atoms with Crippen molar-refractivity contribution in [1.82, 2.24) is 25.0 Å². The van der Waals surface area contributed by atoms with Gasteiger partial charge < -0.3 is 15.0 Å². The fourth-order valence-electron chi connectivity index (χ4n) is 3.18. The summed E-state index contributed by atoms with van der Waals surface area (Å²) >= 11 is 0. The van der Waals surface area contributed by atoms with Gasteiger partial charge in [0.2, 0.25) is 0 Å². The Labute approximate surface area is 178 Å². The van der Waals surface area contributed by atoms with E-state index >= 15 is 0 Å². The summed E-state index contributed by atoms with van der Waals surface area (Å²) in [6, 6.07) is 5.94. The van der Waals surface area contributed by atoms with E-state index in [1.165, 1.54) is 19.3 Å². The van der Waals surface area contributed by atoms with E-state index in [9.17, 15) is 0 Å². The Morgan fingerprint density at radius 2 is 2.19 bits per heavy atom. The normalized spacial score (nSPS) is 15.3. The van der Waals surface area contributed by atoms with Crippen molar-refractivity contribution in [2.24, 2.45) is 10.9 Å². The molecule has 1 N–H and O–H groups in total. The molecular weight excluding hydrogens is 455 g/mol. The summed E-state index contributed by atoms with van der Waals surface area (Å²) in [5, 5.41) is 7.67. The number of aromatic nitrogens is 3. The number of guanidine groups is 1. The third kappa shape index (κ3) is 6.46. The van der Waals surface area contributed by atoms with Gasteiger partial charge >= 0.3 is 0 Å². The van der Waals surface area contributed by atoms with Crippen LogP contribution in [-0.4, -0.2) is 59.5 Å². The van der Waals surface area contributed by atoms with Crippen LogP contribution in [0.4, 0.5) is 0 Å². The van der Waals surface area contributed by atoms with Crippen LogP contribution in [0.3, 0.4) is 0 Å². The standard InChI is InChI=1S/C19H28N6O.HI/c1-20-19(24(2)11-5-16-6-12-26-13-7-16)22-15-17-4-9-21-18(14-17)25-10-3-8-23-25;/h3-4,8-10,14,16H,5-7,11-13,15H2,1-2H3,(H,20,22);1H. The number of rotatable bonds is 6. The maximum absolute atomic E-state index is 5.44. The van der Waals surface area contributed by atoms with Crippen LogP contribution in [0.25, 0.3) is 5.82 Å². The maximum atomic E-state index is 5.44. The van der Waals surface area contributed by atoms with Crippen molar-refractivity contribution in [1.29, 1.82) is 0 Å². The van der Waals surface area contributed by atoms with Gasteiger partial charge in [0.25, 0.3) is 0 Å². The summed E-state index contributed by atoms with van der Waals surface area (Å²) in [7, 11) is 3.92. The molecule has 2 aromatic rings. The quantitative estimate of drug-likeness (QED) is 0.388. The Bertz CT molecular complexity index is 700. The Morgan fingerprint density at radius 3 is 2.89 bits per heavy atom. The van der Waals surface area contributed by atoms with E-state index in [1.54, 1.807) is 10.9 Å². The van der Waals surface area contributed by atoms with E-state index in [1.807, 2.05) is 37.6 Å².